The Labute approximate surface area is 352 Å². The maximum absolute atomic E-state index is 12.0. The molecule has 0 atom stereocenters. The molecule has 57 heavy (non-hydrogen) atoms. The van der Waals surface area contributed by atoms with E-state index in [-0.39, 0.29) is 11.9 Å². The number of esters is 2. The van der Waals surface area contributed by atoms with Crippen molar-refractivity contribution in [2.45, 2.75) is 187 Å². The molecular formula is C49H90N2O6. The van der Waals surface area contributed by atoms with Gasteiger partial charge in [-0.1, -0.05) is 127 Å². The van der Waals surface area contributed by atoms with Gasteiger partial charge in [-0.2, -0.15) is 0 Å². The third-order valence-electron chi connectivity index (χ3n) is 9.56. The summed E-state index contributed by atoms with van der Waals surface area (Å²) in [5.74, 6) is -0.282. The van der Waals surface area contributed by atoms with E-state index in [0.29, 0.717) is 45.8 Å². The van der Waals surface area contributed by atoms with Gasteiger partial charge in [0.05, 0.1) is 13.0 Å². The molecule has 0 radical (unpaired) electrons. The normalized spacial score (nSPS) is 11.7. The topological polar surface area (TPSA) is 94.2 Å². The average molecular weight is 803 g/mol. The van der Waals surface area contributed by atoms with Crippen LogP contribution in [0.15, 0.2) is 48.6 Å². The van der Waals surface area contributed by atoms with Crippen molar-refractivity contribution in [3.05, 3.63) is 48.6 Å². The lowest BCUT2D eigenvalue weighted by molar-refractivity contribution is -0.144. The molecular weight excluding hydrogens is 713 g/mol. The second-order valence-corrected chi connectivity index (χ2v) is 15.0. The van der Waals surface area contributed by atoms with Crippen LogP contribution in [0.3, 0.4) is 0 Å². The number of nitrogens with one attached hydrogen (secondary N) is 1. The zero-order valence-corrected chi connectivity index (χ0v) is 37.6. The second-order valence-electron chi connectivity index (χ2n) is 15.0. The molecule has 0 aromatic rings. The Kier molecular flexibility index (Phi) is 51.1. The third kappa shape index (κ3) is 51.4. The highest BCUT2D eigenvalue weighted by Crippen LogP contribution is 2.10. The van der Waals surface area contributed by atoms with Gasteiger partial charge in [-0.3, -0.25) is 9.59 Å². The van der Waals surface area contributed by atoms with E-state index in [4.69, 9.17) is 14.2 Å². The van der Waals surface area contributed by atoms with Crippen LogP contribution in [0.25, 0.3) is 0 Å². The number of methoxy groups -OCH3 is 1. The van der Waals surface area contributed by atoms with Crippen LogP contribution in [0, 0.1) is 0 Å². The number of aldehydes is 1. The molecule has 0 fully saturated rings. The Balaban J connectivity index is 0. The van der Waals surface area contributed by atoms with E-state index in [1.165, 1.54) is 103 Å². The van der Waals surface area contributed by atoms with Gasteiger partial charge >= 0.3 is 11.9 Å². The highest BCUT2D eigenvalue weighted by molar-refractivity contribution is 5.69. The third-order valence-corrected chi connectivity index (χ3v) is 9.56. The van der Waals surface area contributed by atoms with Crippen LogP contribution in [-0.2, 0) is 28.6 Å². The van der Waals surface area contributed by atoms with Crippen LogP contribution < -0.4 is 5.32 Å². The van der Waals surface area contributed by atoms with E-state index in [1.54, 1.807) is 7.11 Å². The number of unbranched alkanes of at least 4 members (excludes halogenated alkanes) is 17. The standard InChI is InChI=1S/C31H58N2O5.C18H32O/c1-4-5-6-7-8-9-10-11-12-13-14-15-16-17-18-21-30(34)37-28-20-25-33(24-19-27-36-3)26-22-31(35)38-29-23-32-2;1-2-3-4-5-6-7-8-9-10-11-12-13-14-15-16-17-18-19/h8-9,11-12,32H,4-7,10,13-29H2,1-3H3;6-7,9-10,18H,2-5,8,11-17H2,1H3/b9-8-,12-11-;7-6-,10-9-. The summed E-state index contributed by atoms with van der Waals surface area (Å²) < 4.78 is 15.8. The fourth-order valence-electron chi connectivity index (χ4n) is 6.02. The van der Waals surface area contributed by atoms with Crippen molar-refractivity contribution in [1.82, 2.24) is 10.2 Å². The summed E-state index contributed by atoms with van der Waals surface area (Å²) in [5, 5.41) is 2.96. The van der Waals surface area contributed by atoms with Gasteiger partial charge in [-0.05, 0) is 96.9 Å². The minimum Gasteiger partial charge on any atom is -0.466 e. The van der Waals surface area contributed by atoms with Gasteiger partial charge in [-0.25, -0.2) is 0 Å². The molecule has 8 heteroatoms. The summed E-state index contributed by atoms with van der Waals surface area (Å²) in [6, 6.07) is 0. The molecule has 0 amide bonds. The van der Waals surface area contributed by atoms with E-state index in [0.717, 1.165) is 77.2 Å². The van der Waals surface area contributed by atoms with Crippen LogP contribution >= 0.6 is 0 Å². The lowest BCUT2D eigenvalue weighted by atomic mass is 10.1. The molecule has 0 aliphatic carbocycles. The van der Waals surface area contributed by atoms with Crippen molar-refractivity contribution < 1.29 is 28.6 Å². The van der Waals surface area contributed by atoms with Gasteiger partial charge in [0.2, 0.25) is 0 Å². The lowest BCUT2D eigenvalue weighted by Crippen LogP contribution is -2.30. The smallest absolute Gasteiger partial charge is 0.307 e. The van der Waals surface area contributed by atoms with Crippen LogP contribution in [0.2, 0.25) is 0 Å². The minimum atomic E-state index is -0.180. The number of rotatable bonds is 42. The summed E-state index contributed by atoms with van der Waals surface area (Å²) in [4.78, 5) is 36.3. The first-order chi connectivity index (χ1) is 28.0. The predicted octanol–water partition coefficient (Wildman–Crippen LogP) is 12.2. The van der Waals surface area contributed by atoms with E-state index >= 15 is 0 Å². The molecule has 1 N–H and O–H groups in total. The molecule has 0 aromatic carbocycles. The van der Waals surface area contributed by atoms with Gasteiger partial charge in [0.1, 0.15) is 12.9 Å². The maximum Gasteiger partial charge on any atom is 0.307 e. The van der Waals surface area contributed by atoms with Crippen LogP contribution in [-0.4, -0.2) is 83.3 Å². The zero-order valence-electron chi connectivity index (χ0n) is 37.6. The van der Waals surface area contributed by atoms with Gasteiger partial charge in [0.15, 0.2) is 0 Å². The molecule has 0 spiro atoms. The summed E-state index contributed by atoms with van der Waals surface area (Å²) in [6.07, 6.45) is 49.2. The predicted molar refractivity (Wildman–Crippen MR) is 243 cm³/mol. The van der Waals surface area contributed by atoms with E-state index < -0.39 is 0 Å². The number of carbonyl (C=O) groups is 3. The second kappa shape index (κ2) is 51.5. The summed E-state index contributed by atoms with van der Waals surface area (Å²) in [6.45, 7) is 8.91. The number of carbonyl (C=O) groups excluding carboxylic acids is 3. The Hall–Kier alpha value is -2.55. The number of allylic oxidation sites excluding steroid dienone is 8. The van der Waals surface area contributed by atoms with Crippen LogP contribution in [0.1, 0.15) is 187 Å². The molecule has 0 heterocycles. The van der Waals surface area contributed by atoms with Crippen molar-refractivity contribution in [3.63, 3.8) is 0 Å². The molecule has 0 saturated heterocycles. The number of ether oxygens (including phenoxy) is 3. The largest absolute Gasteiger partial charge is 0.466 e. The molecule has 0 aliphatic rings. The molecule has 0 rings (SSSR count). The average Bonchev–Trinajstić information content (AvgIpc) is 3.21. The van der Waals surface area contributed by atoms with Crippen molar-refractivity contribution in [2.75, 3.05) is 60.2 Å². The van der Waals surface area contributed by atoms with Crippen molar-refractivity contribution in [3.8, 4) is 0 Å². The molecule has 0 saturated carbocycles. The first kappa shape index (κ1) is 56.5. The zero-order chi connectivity index (χ0) is 42.0. The fourth-order valence-corrected chi connectivity index (χ4v) is 6.02. The Morgan fingerprint density at radius 3 is 1.42 bits per heavy atom. The van der Waals surface area contributed by atoms with Crippen molar-refractivity contribution in [1.29, 1.82) is 0 Å². The highest BCUT2D eigenvalue weighted by Gasteiger charge is 2.10. The summed E-state index contributed by atoms with van der Waals surface area (Å²) in [5.41, 5.74) is 0. The molecule has 0 unspecified atom stereocenters. The molecule has 8 nitrogen and oxygen atoms in total. The molecule has 0 bridgehead atoms. The Morgan fingerprint density at radius 1 is 0.491 bits per heavy atom. The first-order valence-corrected chi connectivity index (χ1v) is 23.3. The summed E-state index contributed by atoms with van der Waals surface area (Å²) in [7, 11) is 3.52. The molecule has 0 aromatic heterocycles. The summed E-state index contributed by atoms with van der Waals surface area (Å²) >= 11 is 0. The molecule has 332 valence electrons. The van der Waals surface area contributed by atoms with Crippen molar-refractivity contribution in [2.24, 2.45) is 0 Å². The quantitative estimate of drug-likeness (QED) is 0.0282. The fraction of sp³-hybridized carbons (Fsp3) is 0.776. The van der Waals surface area contributed by atoms with E-state index in [1.807, 2.05) is 7.05 Å². The Bertz CT molecular complexity index is 964. The maximum atomic E-state index is 12.0. The van der Waals surface area contributed by atoms with Crippen LogP contribution in [0.5, 0.6) is 0 Å². The minimum absolute atomic E-state index is 0.102. The SMILES string of the molecule is CCCCC/C=C\C/C=C\CCCCCCCC(=O)OCCCN(CCCOC)CCC(=O)OCCNC.CCCCC/C=C\C/C=C\CCCCCCCC=O. The number of hydrogen-bond donors (Lipinski definition) is 1. The number of likely N-dealkylation sites (N-methyl/N-ethyl adjacent to an activating group) is 1. The Morgan fingerprint density at radius 2 is 0.930 bits per heavy atom. The molecule has 0 aliphatic heterocycles. The number of nitrogens with zero attached hydrogens (tertiary/aromatic N) is 1. The first-order valence-electron chi connectivity index (χ1n) is 23.3. The van der Waals surface area contributed by atoms with Gasteiger partial charge in [0, 0.05) is 52.7 Å². The van der Waals surface area contributed by atoms with Gasteiger partial charge in [0.25, 0.3) is 0 Å². The van der Waals surface area contributed by atoms with Crippen LogP contribution in [0.4, 0.5) is 0 Å². The van der Waals surface area contributed by atoms with Gasteiger partial charge < -0.3 is 29.2 Å². The monoisotopic (exact) mass is 803 g/mol. The number of hydrogen-bond acceptors (Lipinski definition) is 8. The lowest BCUT2D eigenvalue weighted by Gasteiger charge is -2.21. The van der Waals surface area contributed by atoms with E-state index in [9.17, 15) is 14.4 Å². The van der Waals surface area contributed by atoms with Crippen molar-refractivity contribution >= 4 is 18.2 Å². The van der Waals surface area contributed by atoms with E-state index in [2.05, 4.69) is 72.7 Å². The highest BCUT2D eigenvalue weighted by atomic mass is 16.5. The van der Waals surface area contributed by atoms with Gasteiger partial charge in [-0.15, -0.1) is 0 Å².